The monoisotopic (exact) mass is 380 g/mol. The Hall–Kier alpha value is -1.19. The summed E-state index contributed by atoms with van der Waals surface area (Å²) in [6.45, 7) is 8.00. The molecule has 0 bridgehead atoms. The normalized spacial score (nSPS) is 13.1. The third-order valence-corrected chi connectivity index (χ3v) is 5.41. The fourth-order valence-corrected chi connectivity index (χ4v) is 2.59. The molecule has 1 atom stereocenters. The highest BCUT2D eigenvalue weighted by atomic mass is 32.2. The Morgan fingerprint density at radius 3 is 2.40 bits per heavy atom. The molecule has 0 fully saturated rings. The number of nitrogens with zero attached hydrogens (tertiary/aromatic N) is 1. The number of sulfonamides is 1. The Kier molecular flexibility index (Phi) is 11.6. The van der Waals surface area contributed by atoms with Crippen LogP contribution in [0.25, 0.3) is 0 Å². The molecule has 0 saturated carbocycles. The van der Waals surface area contributed by atoms with Gasteiger partial charge in [0.15, 0.2) is 12.7 Å². The molecule has 148 valence electrons. The Morgan fingerprint density at radius 2 is 1.84 bits per heavy atom. The number of nitrogens with one attached hydrogen (secondary N) is 1. The van der Waals surface area contributed by atoms with Crippen LogP contribution in [-0.2, 0) is 29.1 Å². The van der Waals surface area contributed by atoms with Gasteiger partial charge >= 0.3 is 5.97 Å². The summed E-state index contributed by atoms with van der Waals surface area (Å²) in [5.41, 5.74) is 0. The molecule has 0 aliphatic rings. The molecule has 25 heavy (non-hydrogen) atoms. The van der Waals surface area contributed by atoms with Crippen molar-refractivity contribution in [2.24, 2.45) is 5.92 Å². The zero-order valence-electron chi connectivity index (χ0n) is 15.9. The van der Waals surface area contributed by atoms with E-state index in [1.165, 1.54) is 11.4 Å². The van der Waals surface area contributed by atoms with Crippen LogP contribution in [-0.4, -0.2) is 69.8 Å². The van der Waals surface area contributed by atoms with Crippen molar-refractivity contribution < 1.29 is 27.5 Å². The fourth-order valence-electron chi connectivity index (χ4n) is 1.74. The second-order valence-corrected chi connectivity index (χ2v) is 8.59. The highest BCUT2D eigenvalue weighted by molar-refractivity contribution is 7.89. The number of carbonyl (C=O) groups is 2. The van der Waals surface area contributed by atoms with E-state index in [1.807, 2.05) is 0 Å². The van der Waals surface area contributed by atoms with Gasteiger partial charge in [-0.15, -0.1) is 0 Å². The first-order chi connectivity index (χ1) is 11.6. The Labute approximate surface area is 151 Å². The number of hydrogen-bond acceptors (Lipinski definition) is 6. The first-order valence-corrected chi connectivity index (χ1v) is 10.2. The predicted octanol–water partition coefficient (Wildman–Crippen LogP) is 0.769. The molecule has 1 unspecified atom stereocenters. The van der Waals surface area contributed by atoms with E-state index in [1.54, 1.807) is 13.8 Å². The highest BCUT2D eigenvalue weighted by Gasteiger charge is 2.17. The maximum absolute atomic E-state index is 11.7. The Balaban J connectivity index is 3.88. The summed E-state index contributed by atoms with van der Waals surface area (Å²) in [5, 5.41) is 2.58. The van der Waals surface area contributed by atoms with Gasteiger partial charge in [0.05, 0.1) is 5.75 Å². The molecule has 0 rings (SSSR count). The predicted molar refractivity (Wildman–Crippen MR) is 95.5 cm³/mol. The van der Waals surface area contributed by atoms with Gasteiger partial charge in [0.25, 0.3) is 5.91 Å². The second kappa shape index (κ2) is 12.2. The smallest absolute Gasteiger partial charge is 0.335 e. The fraction of sp³-hybridized carbons (Fsp3) is 0.875. The van der Waals surface area contributed by atoms with E-state index in [9.17, 15) is 18.0 Å². The lowest BCUT2D eigenvalue weighted by Crippen LogP contribution is -2.35. The molecule has 1 amide bonds. The van der Waals surface area contributed by atoms with E-state index in [-0.39, 0.29) is 12.4 Å². The van der Waals surface area contributed by atoms with Crippen LogP contribution in [0, 0.1) is 5.92 Å². The minimum atomic E-state index is -3.21. The molecule has 0 aromatic carbocycles. The van der Waals surface area contributed by atoms with E-state index in [2.05, 4.69) is 19.2 Å². The quantitative estimate of drug-likeness (QED) is 0.374. The zero-order valence-corrected chi connectivity index (χ0v) is 16.7. The van der Waals surface area contributed by atoms with Gasteiger partial charge in [-0.2, -0.15) is 0 Å². The van der Waals surface area contributed by atoms with Gasteiger partial charge in [-0.25, -0.2) is 17.5 Å². The first kappa shape index (κ1) is 23.8. The van der Waals surface area contributed by atoms with Gasteiger partial charge in [0, 0.05) is 26.7 Å². The van der Waals surface area contributed by atoms with E-state index in [4.69, 9.17) is 9.47 Å². The average Bonchev–Trinajstić information content (AvgIpc) is 2.55. The van der Waals surface area contributed by atoms with Gasteiger partial charge in [-0.05, 0) is 32.6 Å². The summed E-state index contributed by atoms with van der Waals surface area (Å²) < 4.78 is 34.6. The van der Waals surface area contributed by atoms with Crippen LogP contribution in [0.1, 0.15) is 40.5 Å². The van der Waals surface area contributed by atoms with Crippen LogP contribution in [0.5, 0.6) is 0 Å². The number of ether oxygens (including phenoxy) is 2. The molecule has 8 nitrogen and oxygen atoms in total. The lowest BCUT2D eigenvalue weighted by Gasteiger charge is -2.16. The largest absolute Gasteiger partial charge is 0.454 e. The molecule has 0 radical (unpaired) electrons. The van der Waals surface area contributed by atoms with Gasteiger partial charge in [0.1, 0.15) is 0 Å². The average molecular weight is 381 g/mol. The number of hydrogen-bond donors (Lipinski definition) is 1. The van der Waals surface area contributed by atoms with Crippen molar-refractivity contribution in [3.63, 3.8) is 0 Å². The van der Waals surface area contributed by atoms with Crippen molar-refractivity contribution in [2.75, 3.05) is 39.1 Å². The van der Waals surface area contributed by atoms with Crippen LogP contribution in [0.3, 0.4) is 0 Å². The van der Waals surface area contributed by atoms with Crippen molar-refractivity contribution in [3.8, 4) is 0 Å². The molecule has 0 saturated heterocycles. The van der Waals surface area contributed by atoms with Crippen LogP contribution in [0.15, 0.2) is 0 Å². The molecule has 0 spiro atoms. The number of amides is 1. The maximum Gasteiger partial charge on any atom is 0.335 e. The zero-order chi connectivity index (χ0) is 19.5. The molecular formula is C16H32N2O6S. The van der Waals surface area contributed by atoms with Gasteiger partial charge in [-0.3, -0.25) is 4.79 Å². The van der Waals surface area contributed by atoms with Crippen molar-refractivity contribution in [2.45, 2.75) is 46.6 Å². The van der Waals surface area contributed by atoms with E-state index >= 15 is 0 Å². The Bertz CT molecular complexity index is 507. The third kappa shape index (κ3) is 11.1. The molecule has 0 aromatic rings. The van der Waals surface area contributed by atoms with Crippen LogP contribution in [0.2, 0.25) is 0 Å². The minimum Gasteiger partial charge on any atom is -0.454 e. The van der Waals surface area contributed by atoms with E-state index < -0.39 is 28.0 Å². The van der Waals surface area contributed by atoms with Crippen LogP contribution in [0.4, 0.5) is 0 Å². The number of carbonyl (C=O) groups excluding carboxylic acids is 2. The van der Waals surface area contributed by atoms with Crippen LogP contribution >= 0.6 is 0 Å². The summed E-state index contributed by atoms with van der Waals surface area (Å²) in [7, 11) is -1.70. The van der Waals surface area contributed by atoms with E-state index in [0.29, 0.717) is 32.0 Å². The molecule has 0 aliphatic carbocycles. The lowest BCUT2D eigenvalue weighted by atomic mass is 10.1. The minimum absolute atomic E-state index is 0.0449. The third-order valence-electron chi connectivity index (χ3n) is 3.55. The van der Waals surface area contributed by atoms with Gasteiger partial charge in [-0.1, -0.05) is 13.8 Å². The molecule has 9 heteroatoms. The SMILES string of the molecule is CCS(=O)(=O)N(C)CCCNC(=O)COC(=O)C(C)OCCC(C)C. The second-order valence-electron chi connectivity index (χ2n) is 6.23. The van der Waals surface area contributed by atoms with Crippen molar-refractivity contribution in [1.29, 1.82) is 0 Å². The van der Waals surface area contributed by atoms with Crippen LogP contribution < -0.4 is 5.32 Å². The summed E-state index contributed by atoms with van der Waals surface area (Å²) in [4.78, 5) is 23.3. The molecule has 0 heterocycles. The van der Waals surface area contributed by atoms with Gasteiger partial charge < -0.3 is 14.8 Å². The molecule has 1 N–H and O–H groups in total. The standard InChI is InChI=1S/C16H32N2O6S/c1-6-25(21,22)18(5)10-7-9-17-15(19)12-24-16(20)14(4)23-11-8-13(2)3/h13-14H,6-12H2,1-5H3,(H,17,19). The molecule has 0 aromatic heterocycles. The Morgan fingerprint density at radius 1 is 1.20 bits per heavy atom. The summed E-state index contributed by atoms with van der Waals surface area (Å²) in [6, 6.07) is 0. The lowest BCUT2D eigenvalue weighted by molar-refractivity contribution is -0.159. The molecular weight excluding hydrogens is 348 g/mol. The summed E-state index contributed by atoms with van der Waals surface area (Å²) >= 11 is 0. The maximum atomic E-state index is 11.7. The molecule has 0 aliphatic heterocycles. The van der Waals surface area contributed by atoms with Crippen molar-refractivity contribution in [1.82, 2.24) is 9.62 Å². The topological polar surface area (TPSA) is 102 Å². The van der Waals surface area contributed by atoms with Gasteiger partial charge in [0.2, 0.25) is 10.0 Å². The number of esters is 1. The number of rotatable bonds is 13. The first-order valence-electron chi connectivity index (χ1n) is 8.59. The van der Waals surface area contributed by atoms with Crippen molar-refractivity contribution >= 4 is 21.9 Å². The summed E-state index contributed by atoms with van der Waals surface area (Å²) in [6.07, 6.45) is 0.615. The highest BCUT2D eigenvalue weighted by Crippen LogP contribution is 2.02. The summed E-state index contributed by atoms with van der Waals surface area (Å²) in [5.74, 6) is -0.472. The van der Waals surface area contributed by atoms with E-state index in [0.717, 1.165) is 6.42 Å². The van der Waals surface area contributed by atoms with Crippen molar-refractivity contribution in [3.05, 3.63) is 0 Å².